The lowest BCUT2D eigenvalue weighted by molar-refractivity contribution is -0.147. The van der Waals surface area contributed by atoms with E-state index in [1.54, 1.807) is 101 Å². The number of amides is 3. The van der Waals surface area contributed by atoms with Crippen LogP contribution in [0.1, 0.15) is 150 Å². The smallest absolute Gasteiger partial charge is 0.331 e. The average Bonchev–Trinajstić information content (AvgIpc) is 1.61. The molecule has 6 aromatic carbocycles. The van der Waals surface area contributed by atoms with E-state index in [1.807, 2.05) is 86.6 Å². The van der Waals surface area contributed by atoms with Crippen LogP contribution in [0.5, 0.6) is 17.4 Å². The Morgan fingerprint density at radius 1 is 0.554 bits per heavy atom. The van der Waals surface area contributed by atoms with Crippen LogP contribution in [0.15, 0.2) is 218 Å². The molecule has 0 bridgehead atoms. The van der Waals surface area contributed by atoms with Crippen LogP contribution >= 0.6 is 69.6 Å². The minimum absolute atomic E-state index is 0.0109. The van der Waals surface area contributed by atoms with Crippen molar-refractivity contribution in [1.82, 2.24) is 58.7 Å². The summed E-state index contributed by atoms with van der Waals surface area (Å²) < 4.78 is 74.4. The second kappa shape index (κ2) is 56.0. The predicted molar refractivity (Wildman–Crippen MR) is 567 cm³/mol. The molecule has 0 fully saturated rings. The SMILES string of the molecule is C=C(C)OCOCCCCCCOc1ccccc1-c1cn2c(=O)cc(C(C)(C)C)[nH]c2n1.C=C(C)OCOc1cc(C)nn1-c1c(Cl)cc(Cl)cc1Cl.C=C(C)c1ccc(CNC(=O)C2=NN(c3c(Cl)cc(Cl)cc3Cl)C(=O)C2)cc1.[C-]#[N+]c1cn2[nH]c(-c3cccc(NC(=O)CCC(=O)OCCOCOC(=C)C)c3)nc2c1C(=O)OCC.[C-]#[N+]c1cn2[nH]c(-c3ccccc3OC)nc2c1C(=O)OCCOCOC(=C)C. The molecule has 0 radical (unpaired) electrons. The number of aryl methyl sites for hydroxylation is 1. The lowest BCUT2D eigenvalue weighted by Crippen LogP contribution is -2.30. The van der Waals surface area contributed by atoms with Crippen LogP contribution in [0.4, 0.5) is 22.7 Å². The molecule has 43 heteroatoms. The molecular formula is C105H111Cl6N17O20. The molecule has 5 N–H and O–H groups in total. The van der Waals surface area contributed by atoms with Crippen molar-refractivity contribution < 1.29 is 90.3 Å². The number of fused-ring (bicyclic) bond motifs is 3. The van der Waals surface area contributed by atoms with Gasteiger partial charge in [0, 0.05) is 81.7 Å². The third-order valence-corrected chi connectivity index (χ3v) is 22.3. The fourth-order valence-corrected chi connectivity index (χ4v) is 15.5. The quantitative estimate of drug-likeness (QED) is 0.00591. The van der Waals surface area contributed by atoms with E-state index in [0.717, 1.165) is 75.7 Å². The molecule has 8 heterocycles. The van der Waals surface area contributed by atoms with E-state index in [9.17, 15) is 33.6 Å². The lowest BCUT2D eigenvalue weighted by atomic mass is 9.92. The van der Waals surface area contributed by atoms with Gasteiger partial charge < -0.3 is 77.2 Å². The number of aromatic nitrogens is 11. The van der Waals surface area contributed by atoms with Gasteiger partial charge in [0.25, 0.3) is 17.4 Å². The van der Waals surface area contributed by atoms with Gasteiger partial charge in [-0.15, -0.1) is 0 Å². The number of carbonyl (C=O) groups is 6. The minimum Gasteiger partial charge on any atom is -0.496 e. The highest BCUT2D eigenvalue weighted by molar-refractivity contribution is 6.47. The summed E-state index contributed by atoms with van der Waals surface area (Å²) in [6.45, 7) is 54.0. The van der Waals surface area contributed by atoms with Gasteiger partial charge in [-0.1, -0.05) is 196 Å². The number of H-pyrrole nitrogens is 3. The molecule has 0 saturated carbocycles. The molecule has 1 aliphatic heterocycles. The van der Waals surface area contributed by atoms with Crippen molar-refractivity contribution in [2.45, 2.75) is 126 Å². The third kappa shape index (κ3) is 33.4. The third-order valence-electron chi connectivity index (χ3n) is 20.7. The molecule has 0 spiro atoms. The summed E-state index contributed by atoms with van der Waals surface area (Å²) >= 11 is 36.5. The molecule has 7 aromatic heterocycles. The Labute approximate surface area is 883 Å². The molecular weight excluding hydrogens is 2030 g/mol. The number of benzene rings is 6. The van der Waals surface area contributed by atoms with E-state index < -0.39 is 29.7 Å². The fourth-order valence-electron chi connectivity index (χ4n) is 13.5. The van der Waals surface area contributed by atoms with Gasteiger partial charge in [-0.2, -0.15) is 19.9 Å². The molecule has 0 atom stereocenters. The number of ether oxygens (including phenoxy) is 13. The van der Waals surface area contributed by atoms with Crippen LogP contribution in [0.3, 0.4) is 0 Å². The number of aromatic amines is 3. The monoisotopic (exact) mass is 2140 g/mol. The van der Waals surface area contributed by atoms with Gasteiger partial charge in [0.2, 0.25) is 35.7 Å². The molecule has 148 heavy (non-hydrogen) atoms. The number of allylic oxidation sites excluding steroid dienone is 5. The number of anilines is 2. The van der Waals surface area contributed by atoms with E-state index in [0.29, 0.717) is 120 Å². The maximum atomic E-state index is 12.6. The molecule has 14 rings (SSSR count). The van der Waals surface area contributed by atoms with Crippen molar-refractivity contribution in [1.29, 1.82) is 0 Å². The number of hydrogen-bond donors (Lipinski definition) is 5. The van der Waals surface area contributed by atoms with Crippen LogP contribution in [0.25, 0.3) is 72.1 Å². The van der Waals surface area contributed by atoms with Crippen LogP contribution in [0.2, 0.25) is 30.1 Å². The molecule has 0 unspecified atom stereocenters. The number of nitrogens with zero attached hydrogens (tertiary/aromatic N) is 12. The number of halogens is 6. The maximum Gasteiger partial charge on any atom is 0.331 e. The van der Waals surface area contributed by atoms with Gasteiger partial charge in [-0.3, -0.25) is 47.6 Å². The highest BCUT2D eigenvalue weighted by Crippen LogP contribution is 2.41. The van der Waals surface area contributed by atoms with E-state index in [1.165, 1.54) is 38.2 Å². The number of rotatable bonds is 44. The Hall–Kier alpha value is -15.2. The normalized spacial score (nSPS) is 11.3. The first-order valence-corrected chi connectivity index (χ1v) is 48.2. The molecule has 13 aromatic rings. The number of unbranched alkanes of at least 4 members (excludes halogenated alkanes) is 3. The van der Waals surface area contributed by atoms with E-state index in [2.05, 4.69) is 114 Å². The number of nitrogens with one attached hydrogen (secondary N) is 5. The standard InChI is InChI=1S/C26H35N3O4.C25H27N5O7.C20H16Cl3N3O2.C20H20N4O5.C14H13Cl3N2O2/c1-19(2)33-18-31-14-10-6-7-11-15-32-22-13-9-8-12-20(22)21-17-29-24(30)16-23(26(3,4)5)28-25(29)27-21;1-5-35-25(33)22-19(26-4)14-30-24(22)28-23(29-30)17-7-6-8-18(13-17)27-20(31)9-10-21(32)36-12-11-34-15-37-16(2)3;1-11(2)13-5-3-12(4-6-13)10-24-20(28)17-9-18(27)26(25-17)19-15(22)7-14(21)8-16(19)23;1-13(2)29-12-27-9-10-28-20(25)17-15(21-3)11-24-19(17)22-18(23-24)14-7-5-6-8-16(14)26-4;1-8(2)20-7-21-13-4-9(3)18-19(13)14-11(16)5-10(15)6-12(14)17/h8-9,12-13,16-17H,1,6-7,10-11,14-15,18H2,2-5H3,(H,27,28);6-8,13-14H,2,5,9-12,15H2,1,3H3,(H,27,31)(H,28,29);3-8H,1,9-10H2,2H3,(H,24,28);5-8,11H,1,9-10,12H2,2,4H3,(H,22,23);4-6H,1,7H2,2-3H3. The summed E-state index contributed by atoms with van der Waals surface area (Å²) in [5.74, 6) is 2.61. The largest absolute Gasteiger partial charge is 0.496 e. The minimum atomic E-state index is -0.652. The number of methoxy groups -OCH3 is 1. The topological polar surface area (TPSA) is 405 Å². The number of esters is 3. The van der Waals surface area contributed by atoms with Crippen molar-refractivity contribution in [2.75, 3.05) is 90.9 Å². The maximum absolute atomic E-state index is 12.6. The number of para-hydroxylation sites is 2. The van der Waals surface area contributed by atoms with Crippen LogP contribution in [-0.4, -0.2) is 175 Å². The summed E-state index contributed by atoms with van der Waals surface area (Å²) in [6, 6.07) is 39.2. The van der Waals surface area contributed by atoms with Gasteiger partial charge in [0.15, 0.2) is 43.3 Å². The fraction of sp³-hybridized carbons (Fsp3) is 0.295. The van der Waals surface area contributed by atoms with Gasteiger partial charge in [-0.25, -0.2) is 34.2 Å². The first kappa shape index (κ1) is 115. The number of hydrogen-bond acceptors (Lipinski definition) is 25. The van der Waals surface area contributed by atoms with E-state index in [4.69, 9.17) is 144 Å². The molecule has 778 valence electrons. The Kier molecular flexibility index (Phi) is 43.4. The number of hydrazone groups is 1. The average molecular weight is 2140 g/mol. The Bertz CT molecular complexity index is 7110. The van der Waals surface area contributed by atoms with E-state index in [-0.39, 0.29) is 146 Å². The Morgan fingerprint density at radius 2 is 1.09 bits per heavy atom. The van der Waals surface area contributed by atoms with Crippen molar-refractivity contribution in [3.63, 3.8) is 0 Å². The van der Waals surface area contributed by atoms with Crippen LogP contribution < -0.4 is 35.4 Å². The first-order chi connectivity index (χ1) is 70.8. The molecule has 1 aliphatic rings. The summed E-state index contributed by atoms with van der Waals surface area (Å²) in [5.41, 5.74) is 9.52. The summed E-state index contributed by atoms with van der Waals surface area (Å²) in [6.07, 6.45) is 8.52. The highest BCUT2D eigenvalue weighted by atomic mass is 35.5. The van der Waals surface area contributed by atoms with Crippen molar-refractivity contribution >= 4 is 156 Å². The second-order valence-electron chi connectivity index (χ2n) is 33.6. The van der Waals surface area contributed by atoms with Gasteiger partial charge in [0.05, 0.1) is 126 Å². The molecule has 3 amide bonds. The Balaban J connectivity index is 0.000000191. The Morgan fingerprint density at radius 3 is 1.67 bits per heavy atom. The van der Waals surface area contributed by atoms with Gasteiger partial charge >= 0.3 is 17.9 Å². The number of imidazole rings is 1. The van der Waals surface area contributed by atoms with E-state index >= 15 is 0 Å². The summed E-state index contributed by atoms with van der Waals surface area (Å²) in [7, 11) is 1.57. The predicted octanol–water partition coefficient (Wildman–Crippen LogP) is 23.0. The van der Waals surface area contributed by atoms with Crippen LogP contribution in [0, 0.1) is 20.1 Å². The summed E-state index contributed by atoms with van der Waals surface area (Å²) in [4.78, 5) is 110. The zero-order chi connectivity index (χ0) is 107. The molecule has 0 aliphatic carbocycles. The zero-order valence-electron chi connectivity index (χ0n) is 83.2. The van der Waals surface area contributed by atoms with Gasteiger partial charge in [0.1, 0.15) is 52.9 Å². The van der Waals surface area contributed by atoms with Crippen molar-refractivity contribution in [3.05, 3.63) is 305 Å². The lowest BCUT2D eigenvalue weighted by Gasteiger charge is -2.18. The van der Waals surface area contributed by atoms with Crippen molar-refractivity contribution in [2.24, 2.45) is 5.10 Å². The number of carbonyl (C=O) groups excluding carboxylic acids is 6. The second-order valence-corrected chi connectivity index (χ2v) is 36.1. The van der Waals surface area contributed by atoms with Crippen molar-refractivity contribution in [3.8, 4) is 57.1 Å². The zero-order valence-corrected chi connectivity index (χ0v) is 87.7. The highest BCUT2D eigenvalue weighted by Gasteiger charge is 2.33. The summed E-state index contributed by atoms with van der Waals surface area (Å²) in [5, 5.41) is 22.9. The first-order valence-electron chi connectivity index (χ1n) is 45.9. The van der Waals surface area contributed by atoms with Crippen LogP contribution in [-0.2, 0) is 78.5 Å². The molecule has 0 saturated heterocycles. The molecule has 37 nitrogen and oxygen atoms in total. The van der Waals surface area contributed by atoms with Gasteiger partial charge in [-0.05, 0) is 140 Å².